The van der Waals surface area contributed by atoms with Gasteiger partial charge in [-0.05, 0) is 32.4 Å². The number of pyridine rings is 1. The topological polar surface area (TPSA) is 62.7 Å². The molecule has 0 fully saturated rings. The fraction of sp³-hybridized carbons (Fsp3) is 0.571. The highest BCUT2D eigenvalue weighted by Crippen LogP contribution is 2.14. The second kappa shape index (κ2) is 7.09. The van der Waals surface area contributed by atoms with Crippen molar-refractivity contribution in [3.8, 4) is 0 Å². The molecular formula is C14H22N2O3. The van der Waals surface area contributed by atoms with Gasteiger partial charge in [-0.15, -0.1) is 0 Å². The van der Waals surface area contributed by atoms with E-state index in [-0.39, 0.29) is 11.7 Å². The molecule has 5 heteroatoms. The number of anilines is 1. The average Bonchev–Trinajstić information content (AvgIpc) is 2.37. The van der Waals surface area contributed by atoms with Crippen LogP contribution in [0.5, 0.6) is 0 Å². The molecular weight excluding hydrogens is 244 g/mol. The smallest absolute Gasteiger partial charge is 0.335 e. The van der Waals surface area contributed by atoms with Crippen molar-refractivity contribution in [1.29, 1.82) is 0 Å². The van der Waals surface area contributed by atoms with Gasteiger partial charge in [0.1, 0.15) is 5.82 Å². The van der Waals surface area contributed by atoms with Crippen LogP contribution in [0.25, 0.3) is 0 Å². The molecule has 0 aliphatic carbocycles. The molecule has 0 bridgehead atoms. The highest BCUT2D eigenvalue weighted by atomic mass is 16.5. The Morgan fingerprint density at radius 1 is 1.47 bits per heavy atom. The van der Waals surface area contributed by atoms with Crippen LogP contribution in [0.15, 0.2) is 12.1 Å². The number of likely N-dealkylation sites (N-methyl/N-ethyl adjacent to an activating group) is 1. The van der Waals surface area contributed by atoms with Gasteiger partial charge in [0.15, 0.2) is 0 Å². The van der Waals surface area contributed by atoms with Gasteiger partial charge in [0.2, 0.25) is 0 Å². The lowest BCUT2D eigenvalue weighted by molar-refractivity contribution is 0.0696. The van der Waals surface area contributed by atoms with Crippen LogP contribution in [0.3, 0.4) is 0 Å². The molecule has 0 aliphatic heterocycles. The Morgan fingerprint density at radius 2 is 2.16 bits per heavy atom. The normalized spacial score (nSPS) is 10.8. The molecule has 1 aromatic rings. The van der Waals surface area contributed by atoms with Crippen LogP contribution in [0.2, 0.25) is 0 Å². The van der Waals surface area contributed by atoms with E-state index in [0.29, 0.717) is 25.4 Å². The van der Waals surface area contributed by atoms with E-state index in [2.05, 4.69) is 4.98 Å². The van der Waals surface area contributed by atoms with Crippen LogP contribution < -0.4 is 4.90 Å². The van der Waals surface area contributed by atoms with E-state index >= 15 is 0 Å². The largest absolute Gasteiger partial charge is 0.478 e. The van der Waals surface area contributed by atoms with E-state index in [1.54, 1.807) is 12.1 Å². The third-order valence-corrected chi connectivity index (χ3v) is 2.74. The van der Waals surface area contributed by atoms with Crippen LogP contribution in [-0.2, 0) is 11.2 Å². The lowest BCUT2D eigenvalue weighted by atomic mass is 10.2. The molecule has 0 radical (unpaired) electrons. The van der Waals surface area contributed by atoms with Crippen LogP contribution in [0.4, 0.5) is 5.82 Å². The number of aromatic nitrogens is 1. The van der Waals surface area contributed by atoms with Gasteiger partial charge in [0.25, 0.3) is 0 Å². The molecule has 0 amide bonds. The summed E-state index contributed by atoms with van der Waals surface area (Å²) in [6.07, 6.45) is 0.905. The van der Waals surface area contributed by atoms with Crippen molar-refractivity contribution in [3.63, 3.8) is 0 Å². The van der Waals surface area contributed by atoms with Crippen LogP contribution in [-0.4, -0.2) is 42.4 Å². The highest BCUT2D eigenvalue weighted by molar-refractivity contribution is 5.88. The van der Waals surface area contributed by atoms with Crippen molar-refractivity contribution in [1.82, 2.24) is 4.98 Å². The molecule has 19 heavy (non-hydrogen) atoms. The standard InChI is InChI=1S/C14H22N2O3/c1-5-12-8-11(14(17)18)9-13(15-12)16(4)6-7-19-10(2)3/h8-10H,5-7H2,1-4H3,(H,17,18). The van der Waals surface area contributed by atoms with E-state index in [9.17, 15) is 4.79 Å². The number of rotatable bonds is 7. The Bertz CT molecular complexity index is 433. The monoisotopic (exact) mass is 266 g/mol. The number of hydrogen-bond acceptors (Lipinski definition) is 4. The Hall–Kier alpha value is -1.62. The minimum Gasteiger partial charge on any atom is -0.478 e. The fourth-order valence-electron chi connectivity index (χ4n) is 1.61. The summed E-state index contributed by atoms with van der Waals surface area (Å²) in [6.45, 7) is 7.20. The molecule has 1 heterocycles. The molecule has 0 aliphatic rings. The first-order valence-corrected chi connectivity index (χ1v) is 6.51. The number of carbonyl (C=O) groups is 1. The molecule has 0 spiro atoms. The summed E-state index contributed by atoms with van der Waals surface area (Å²) < 4.78 is 5.48. The zero-order valence-corrected chi connectivity index (χ0v) is 12.0. The van der Waals surface area contributed by atoms with E-state index in [4.69, 9.17) is 9.84 Å². The third-order valence-electron chi connectivity index (χ3n) is 2.74. The molecule has 1 N–H and O–H groups in total. The quantitative estimate of drug-likeness (QED) is 0.819. The summed E-state index contributed by atoms with van der Waals surface area (Å²) >= 11 is 0. The highest BCUT2D eigenvalue weighted by Gasteiger charge is 2.10. The van der Waals surface area contributed by atoms with E-state index < -0.39 is 5.97 Å². The minimum absolute atomic E-state index is 0.193. The first-order valence-electron chi connectivity index (χ1n) is 6.51. The number of carboxylic acid groups (broad SMARTS) is 1. The summed E-state index contributed by atoms with van der Waals surface area (Å²) in [7, 11) is 1.89. The Morgan fingerprint density at radius 3 is 2.68 bits per heavy atom. The molecule has 0 aromatic carbocycles. The summed E-state index contributed by atoms with van der Waals surface area (Å²) in [4.78, 5) is 17.4. The Balaban J connectivity index is 2.80. The van der Waals surface area contributed by atoms with E-state index in [1.807, 2.05) is 32.7 Å². The van der Waals surface area contributed by atoms with E-state index in [0.717, 1.165) is 5.69 Å². The predicted octanol–water partition coefficient (Wildman–Crippen LogP) is 2.20. The molecule has 5 nitrogen and oxygen atoms in total. The Labute approximate surface area is 114 Å². The third kappa shape index (κ3) is 4.87. The molecule has 0 atom stereocenters. The molecule has 1 rings (SSSR count). The summed E-state index contributed by atoms with van der Waals surface area (Å²) in [5.74, 6) is -0.255. The molecule has 106 valence electrons. The summed E-state index contributed by atoms with van der Waals surface area (Å²) in [5.41, 5.74) is 1.06. The van der Waals surface area contributed by atoms with Crippen molar-refractivity contribution in [3.05, 3.63) is 23.4 Å². The lowest BCUT2D eigenvalue weighted by Crippen LogP contribution is -2.25. The fourth-order valence-corrected chi connectivity index (χ4v) is 1.61. The van der Waals surface area contributed by atoms with Crippen molar-refractivity contribution in [2.45, 2.75) is 33.3 Å². The molecule has 1 aromatic heterocycles. The number of aromatic carboxylic acids is 1. The predicted molar refractivity (Wildman–Crippen MR) is 74.9 cm³/mol. The van der Waals surface area contributed by atoms with Crippen LogP contribution in [0.1, 0.15) is 36.8 Å². The number of nitrogens with zero attached hydrogens (tertiary/aromatic N) is 2. The van der Waals surface area contributed by atoms with Crippen LogP contribution >= 0.6 is 0 Å². The van der Waals surface area contributed by atoms with Gasteiger partial charge in [0, 0.05) is 19.3 Å². The number of hydrogen-bond donors (Lipinski definition) is 1. The Kier molecular flexibility index (Phi) is 5.76. The van der Waals surface area contributed by atoms with Gasteiger partial charge in [-0.2, -0.15) is 0 Å². The van der Waals surface area contributed by atoms with Gasteiger partial charge in [-0.3, -0.25) is 0 Å². The first kappa shape index (κ1) is 15.4. The summed E-state index contributed by atoms with van der Waals surface area (Å²) in [5, 5.41) is 9.09. The van der Waals surface area contributed by atoms with Crippen molar-refractivity contribution in [2.24, 2.45) is 0 Å². The molecule has 0 saturated carbocycles. The van der Waals surface area contributed by atoms with Gasteiger partial charge < -0.3 is 14.7 Å². The lowest BCUT2D eigenvalue weighted by Gasteiger charge is -2.20. The van der Waals surface area contributed by atoms with Gasteiger partial charge >= 0.3 is 5.97 Å². The van der Waals surface area contributed by atoms with Crippen molar-refractivity contribution < 1.29 is 14.6 Å². The maximum atomic E-state index is 11.1. The SMILES string of the molecule is CCc1cc(C(=O)O)cc(N(C)CCOC(C)C)n1. The average molecular weight is 266 g/mol. The summed E-state index contributed by atoms with van der Waals surface area (Å²) in [6, 6.07) is 3.21. The second-order valence-electron chi connectivity index (χ2n) is 4.71. The van der Waals surface area contributed by atoms with Crippen molar-refractivity contribution in [2.75, 3.05) is 25.1 Å². The number of carboxylic acids is 1. The maximum Gasteiger partial charge on any atom is 0.335 e. The molecule has 0 unspecified atom stereocenters. The van der Waals surface area contributed by atoms with Gasteiger partial charge in [0.05, 0.1) is 18.3 Å². The maximum absolute atomic E-state index is 11.1. The second-order valence-corrected chi connectivity index (χ2v) is 4.71. The first-order chi connectivity index (χ1) is 8.93. The number of aryl methyl sites for hydroxylation is 1. The number of ether oxygens (including phenoxy) is 1. The van der Waals surface area contributed by atoms with Gasteiger partial charge in [-0.25, -0.2) is 9.78 Å². The molecule has 0 saturated heterocycles. The van der Waals surface area contributed by atoms with Crippen molar-refractivity contribution >= 4 is 11.8 Å². The minimum atomic E-state index is -0.926. The van der Waals surface area contributed by atoms with Gasteiger partial charge in [-0.1, -0.05) is 6.92 Å². The zero-order valence-electron chi connectivity index (χ0n) is 12.0. The zero-order chi connectivity index (χ0) is 14.4. The van der Waals surface area contributed by atoms with Crippen LogP contribution in [0, 0.1) is 0 Å². The van der Waals surface area contributed by atoms with E-state index in [1.165, 1.54) is 0 Å².